The lowest BCUT2D eigenvalue weighted by molar-refractivity contribution is 0.628. The van der Waals surface area contributed by atoms with Gasteiger partial charge in [0.1, 0.15) is 0 Å². The number of anilines is 1. The Morgan fingerprint density at radius 1 is 0.846 bits per heavy atom. The minimum atomic E-state index is 0.0623. The number of benzene rings is 3. The molecule has 0 heterocycles. The molecule has 3 nitrogen and oxygen atoms in total. The van der Waals surface area contributed by atoms with Crippen molar-refractivity contribution >= 4 is 11.4 Å². The van der Waals surface area contributed by atoms with Crippen LogP contribution in [0.4, 0.5) is 5.69 Å². The Morgan fingerprint density at radius 2 is 1.50 bits per heavy atom. The van der Waals surface area contributed by atoms with Crippen molar-refractivity contribution in [3.05, 3.63) is 90.0 Å². The summed E-state index contributed by atoms with van der Waals surface area (Å²) < 4.78 is 0. The molecule has 0 saturated heterocycles. The van der Waals surface area contributed by atoms with E-state index >= 15 is 0 Å². The van der Waals surface area contributed by atoms with Gasteiger partial charge in [-0.2, -0.15) is 0 Å². The van der Waals surface area contributed by atoms with Crippen LogP contribution in [0.25, 0.3) is 11.1 Å². The fourth-order valence-electron chi connectivity index (χ4n) is 3.29. The molecule has 0 aliphatic rings. The fraction of sp³-hybridized carbons (Fsp3) is 0.174. The van der Waals surface area contributed by atoms with Crippen LogP contribution in [-0.4, -0.2) is 12.3 Å². The maximum atomic E-state index is 8.72. The Hall–Kier alpha value is -2.91. The van der Waals surface area contributed by atoms with Gasteiger partial charge in [0.15, 0.2) is 0 Å². The van der Waals surface area contributed by atoms with Crippen molar-refractivity contribution in [2.75, 3.05) is 12.3 Å². The minimum absolute atomic E-state index is 0.0623. The van der Waals surface area contributed by atoms with Gasteiger partial charge in [-0.15, -0.1) is 0 Å². The number of nitrogens with one attached hydrogen (secondary N) is 1. The third-order valence-electron chi connectivity index (χ3n) is 4.70. The van der Waals surface area contributed by atoms with Gasteiger partial charge in [0.25, 0.3) is 0 Å². The summed E-state index contributed by atoms with van der Waals surface area (Å²) in [5, 5.41) is 8.72. The van der Waals surface area contributed by atoms with E-state index in [0.717, 1.165) is 29.5 Å². The van der Waals surface area contributed by atoms with E-state index in [-0.39, 0.29) is 5.92 Å². The first-order chi connectivity index (χ1) is 12.7. The van der Waals surface area contributed by atoms with E-state index in [0.29, 0.717) is 17.9 Å². The topological polar surface area (TPSA) is 75.9 Å². The van der Waals surface area contributed by atoms with Crippen molar-refractivity contribution in [1.29, 1.82) is 5.41 Å². The van der Waals surface area contributed by atoms with E-state index < -0.39 is 0 Å². The Kier molecular flexibility index (Phi) is 5.82. The van der Waals surface area contributed by atoms with Crippen molar-refractivity contribution < 1.29 is 0 Å². The maximum absolute atomic E-state index is 8.72. The van der Waals surface area contributed by atoms with Crippen molar-refractivity contribution in [2.24, 2.45) is 11.7 Å². The molecule has 3 aromatic carbocycles. The fourth-order valence-corrected chi connectivity index (χ4v) is 3.29. The van der Waals surface area contributed by atoms with Crippen molar-refractivity contribution in [2.45, 2.75) is 12.8 Å². The van der Waals surface area contributed by atoms with Crippen LogP contribution in [-0.2, 0) is 6.42 Å². The summed E-state index contributed by atoms with van der Waals surface area (Å²) in [6.45, 7) is 0.557. The lowest BCUT2D eigenvalue weighted by Crippen LogP contribution is -2.22. The molecule has 0 amide bonds. The highest BCUT2D eigenvalue weighted by Gasteiger charge is 2.18. The molecular formula is C23H25N3. The van der Waals surface area contributed by atoms with Crippen LogP contribution >= 0.6 is 0 Å². The zero-order valence-corrected chi connectivity index (χ0v) is 14.9. The van der Waals surface area contributed by atoms with Gasteiger partial charge in [0, 0.05) is 22.9 Å². The Labute approximate surface area is 155 Å². The number of hydrogen-bond acceptors (Lipinski definition) is 3. The second kappa shape index (κ2) is 8.45. The second-order valence-electron chi connectivity index (χ2n) is 6.55. The molecule has 1 atom stereocenters. The SMILES string of the molecule is N=C(c1ccc(-c2ccccc2)cc1N)C(CCN)Cc1ccccc1. The molecule has 0 saturated carbocycles. The van der Waals surface area contributed by atoms with Gasteiger partial charge in [-0.05, 0) is 42.1 Å². The first-order valence-electron chi connectivity index (χ1n) is 8.97. The quantitative estimate of drug-likeness (QED) is 0.436. The van der Waals surface area contributed by atoms with Gasteiger partial charge in [-0.1, -0.05) is 72.8 Å². The number of nitrogen functional groups attached to an aromatic ring is 1. The summed E-state index contributed by atoms with van der Waals surface area (Å²) in [6, 6.07) is 26.4. The number of nitrogens with two attached hydrogens (primary N) is 2. The summed E-state index contributed by atoms with van der Waals surface area (Å²) in [5.74, 6) is 0.0623. The van der Waals surface area contributed by atoms with Crippen LogP contribution in [0, 0.1) is 11.3 Å². The molecule has 0 aliphatic carbocycles. The van der Waals surface area contributed by atoms with Gasteiger partial charge >= 0.3 is 0 Å². The van der Waals surface area contributed by atoms with Crippen molar-refractivity contribution in [3.63, 3.8) is 0 Å². The van der Waals surface area contributed by atoms with Gasteiger partial charge in [-0.3, -0.25) is 0 Å². The van der Waals surface area contributed by atoms with E-state index in [1.807, 2.05) is 54.6 Å². The lowest BCUT2D eigenvalue weighted by atomic mass is 9.87. The van der Waals surface area contributed by atoms with Gasteiger partial charge in [0.05, 0.1) is 0 Å². The van der Waals surface area contributed by atoms with E-state index in [4.69, 9.17) is 16.9 Å². The van der Waals surface area contributed by atoms with Crippen molar-refractivity contribution in [1.82, 2.24) is 0 Å². The Bertz CT molecular complexity index is 857. The van der Waals surface area contributed by atoms with Crippen LogP contribution in [0.1, 0.15) is 17.5 Å². The minimum Gasteiger partial charge on any atom is -0.398 e. The molecule has 0 aliphatic heterocycles. The molecule has 0 bridgehead atoms. The average molecular weight is 343 g/mol. The largest absolute Gasteiger partial charge is 0.398 e. The summed E-state index contributed by atoms with van der Waals surface area (Å²) in [6.07, 6.45) is 1.57. The van der Waals surface area contributed by atoms with Crippen LogP contribution in [0.5, 0.6) is 0 Å². The molecule has 0 radical (unpaired) electrons. The molecule has 5 N–H and O–H groups in total. The highest BCUT2D eigenvalue weighted by Crippen LogP contribution is 2.27. The summed E-state index contributed by atoms with van der Waals surface area (Å²) in [7, 11) is 0. The molecule has 26 heavy (non-hydrogen) atoms. The van der Waals surface area contributed by atoms with Crippen LogP contribution in [0.15, 0.2) is 78.9 Å². The molecule has 3 heteroatoms. The van der Waals surface area contributed by atoms with E-state index in [9.17, 15) is 0 Å². The first kappa shape index (κ1) is 17.9. The van der Waals surface area contributed by atoms with Crippen molar-refractivity contribution in [3.8, 4) is 11.1 Å². The highest BCUT2D eigenvalue weighted by atomic mass is 14.6. The summed E-state index contributed by atoms with van der Waals surface area (Å²) in [4.78, 5) is 0. The number of hydrogen-bond donors (Lipinski definition) is 3. The van der Waals surface area contributed by atoms with E-state index in [1.54, 1.807) is 0 Å². The van der Waals surface area contributed by atoms with Gasteiger partial charge in [-0.25, -0.2) is 0 Å². The molecule has 1 unspecified atom stereocenters. The summed E-state index contributed by atoms with van der Waals surface area (Å²) in [5.41, 5.74) is 17.6. The lowest BCUT2D eigenvalue weighted by Gasteiger charge is -2.19. The maximum Gasteiger partial charge on any atom is 0.0441 e. The monoisotopic (exact) mass is 343 g/mol. The van der Waals surface area contributed by atoms with E-state index in [1.165, 1.54) is 5.56 Å². The molecular weight excluding hydrogens is 318 g/mol. The predicted molar refractivity (Wildman–Crippen MR) is 110 cm³/mol. The molecule has 3 rings (SSSR count). The zero-order valence-electron chi connectivity index (χ0n) is 14.9. The van der Waals surface area contributed by atoms with Gasteiger partial charge in [0.2, 0.25) is 0 Å². The molecule has 132 valence electrons. The standard InChI is InChI=1S/C23H25N3/c24-14-13-20(15-17-7-3-1-4-8-17)23(26)21-12-11-19(16-22(21)25)18-9-5-2-6-10-18/h1-12,16,20,26H,13-15,24-25H2. The van der Waals surface area contributed by atoms with Gasteiger partial charge < -0.3 is 16.9 Å². The van der Waals surface area contributed by atoms with Crippen LogP contribution < -0.4 is 11.5 Å². The predicted octanol–water partition coefficient (Wildman–Crippen LogP) is 4.51. The average Bonchev–Trinajstić information content (AvgIpc) is 2.68. The molecule has 0 fully saturated rings. The third kappa shape index (κ3) is 4.19. The smallest absolute Gasteiger partial charge is 0.0441 e. The summed E-state index contributed by atoms with van der Waals surface area (Å²) >= 11 is 0. The third-order valence-corrected chi connectivity index (χ3v) is 4.70. The first-order valence-corrected chi connectivity index (χ1v) is 8.97. The normalized spacial score (nSPS) is 11.9. The van der Waals surface area contributed by atoms with E-state index in [2.05, 4.69) is 24.3 Å². The Balaban J connectivity index is 1.85. The van der Waals surface area contributed by atoms with Crippen LogP contribution in [0.2, 0.25) is 0 Å². The Morgan fingerprint density at radius 3 is 2.12 bits per heavy atom. The molecule has 0 spiro atoms. The van der Waals surface area contributed by atoms with Crippen LogP contribution in [0.3, 0.4) is 0 Å². The number of rotatable bonds is 7. The molecule has 3 aromatic rings. The molecule has 0 aromatic heterocycles. The highest BCUT2D eigenvalue weighted by molar-refractivity contribution is 6.04. The zero-order chi connectivity index (χ0) is 18.4. The second-order valence-corrected chi connectivity index (χ2v) is 6.55.